The van der Waals surface area contributed by atoms with E-state index in [1.807, 2.05) is 0 Å². The van der Waals surface area contributed by atoms with Gasteiger partial charge in [0.25, 0.3) is 5.69 Å². The minimum absolute atomic E-state index is 0.0527. The Morgan fingerprint density at radius 2 is 2.21 bits per heavy atom. The Bertz CT molecular complexity index is 879. The summed E-state index contributed by atoms with van der Waals surface area (Å²) in [4.78, 5) is 14.7. The lowest BCUT2D eigenvalue weighted by molar-refractivity contribution is -0.384. The number of aromatic nitrogens is 1. The number of aliphatic hydroxyl groups excluding tert-OH is 1. The number of halogens is 2. The number of nitro groups is 1. The molecule has 124 valence electrons. The van der Waals surface area contributed by atoms with E-state index in [9.17, 15) is 19.6 Å². The van der Waals surface area contributed by atoms with Gasteiger partial charge in [0.15, 0.2) is 5.13 Å². The smallest absolute Gasteiger partial charge is 0.269 e. The van der Waals surface area contributed by atoms with E-state index in [0.717, 1.165) is 0 Å². The molecule has 1 unspecified atom stereocenters. The fourth-order valence-electron chi connectivity index (χ4n) is 2.22. The summed E-state index contributed by atoms with van der Waals surface area (Å²) in [5.74, 6) is -0.380. The Morgan fingerprint density at radius 3 is 2.92 bits per heavy atom. The molecule has 0 fully saturated rings. The average molecular weight is 412 g/mol. The van der Waals surface area contributed by atoms with Gasteiger partial charge in [-0.1, -0.05) is 23.5 Å². The first-order valence-electron chi connectivity index (χ1n) is 6.85. The number of nitro benzene ring substituents is 1. The molecule has 0 radical (unpaired) electrons. The predicted molar refractivity (Wildman–Crippen MR) is 93.8 cm³/mol. The van der Waals surface area contributed by atoms with Crippen LogP contribution in [0.5, 0.6) is 0 Å². The number of hydrogen-bond acceptors (Lipinski definition) is 6. The molecule has 24 heavy (non-hydrogen) atoms. The van der Waals surface area contributed by atoms with E-state index >= 15 is 0 Å². The Hall–Kier alpha value is -2.10. The van der Waals surface area contributed by atoms with Gasteiger partial charge in [-0.15, -0.1) is 0 Å². The van der Waals surface area contributed by atoms with Gasteiger partial charge in [-0.05, 0) is 33.6 Å². The quantitative estimate of drug-likeness (QED) is 0.483. The second-order valence-corrected chi connectivity index (χ2v) is 6.87. The second kappa shape index (κ2) is 6.80. The van der Waals surface area contributed by atoms with Crippen molar-refractivity contribution in [1.29, 1.82) is 0 Å². The third kappa shape index (κ3) is 3.37. The van der Waals surface area contributed by atoms with Crippen molar-refractivity contribution in [3.05, 3.63) is 62.4 Å². The summed E-state index contributed by atoms with van der Waals surface area (Å²) in [5, 5.41) is 24.0. The number of thiazole rings is 1. The largest absolute Gasteiger partial charge is 0.394 e. The lowest BCUT2D eigenvalue weighted by Gasteiger charge is -2.15. The van der Waals surface area contributed by atoms with Crippen LogP contribution in [0.4, 0.5) is 15.2 Å². The van der Waals surface area contributed by atoms with Gasteiger partial charge in [-0.25, -0.2) is 9.37 Å². The van der Waals surface area contributed by atoms with Crippen LogP contribution in [0.2, 0.25) is 0 Å². The van der Waals surface area contributed by atoms with Crippen LogP contribution < -0.4 is 5.32 Å². The molecule has 1 heterocycles. The van der Waals surface area contributed by atoms with E-state index in [2.05, 4.69) is 26.2 Å². The summed E-state index contributed by atoms with van der Waals surface area (Å²) in [5.41, 5.74) is 1.13. The first-order chi connectivity index (χ1) is 11.5. The van der Waals surface area contributed by atoms with Crippen molar-refractivity contribution in [1.82, 2.24) is 4.98 Å². The van der Waals surface area contributed by atoms with E-state index in [1.165, 1.54) is 29.5 Å². The van der Waals surface area contributed by atoms with Gasteiger partial charge < -0.3 is 10.4 Å². The first-order valence-corrected chi connectivity index (χ1v) is 8.46. The number of nitrogens with zero attached hydrogens (tertiary/aromatic N) is 2. The van der Waals surface area contributed by atoms with Crippen LogP contribution >= 0.6 is 27.3 Å². The third-order valence-corrected chi connectivity index (χ3v) is 4.95. The molecular formula is C15H11BrFN3O3S. The van der Waals surface area contributed by atoms with Crippen LogP contribution in [-0.4, -0.2) is 21.6 Å². The highest BCUT2D eigenvalue weighted by atomic mass is 79.9. The molecule has 0 amide bonds. The van der Waals surface area contributed by atoms with Gasteiger partial charge in [-0.2, -0.15) is 0 Å². The maximum atomic E-state index is 13.6. The van der Waals surface area contributed by atoms with Crippen LogP contribution in [0.25, 0.3) is 10.2 Å². The summed E-state index contributed by atoms with van der Waals surface area (Å²) in [6, 6.07) is 8.43. The van der Waals surface area contributed by atoms with Gasteiger partial charge >= 0.3 is 0 Å². The normalized spacial score (nSPS) is 12.3. The third-order valence-electron chi connectivity index (χ3n) is 3.39. The lowest BCUT2D eigenvalue weighted by atomic mass is 10.1. The van der Waals surface area contributed by atoms with Crippen LogP contribution in [0, 0.1) is 15.9 Å². The van der Waals surface area contributed by atoms with Crippen molar-refractivity contribution in [2.75, 3.05) is 11.9 Å². The number of anilines is 1. The van der Waals surface area contributed by atoms with Crippen LogP contribution in [0.15, 0.2) is 40.9 Å². The highest BCUT2D eigenvalue weighted by Crippen LogP contribution is 2.32. The molecule has 0 spiro atoms. The average Bonchev–Trinajstić information content (AvgIpc) is 2.94. The zero-order valence-corrected chi connectivity index (χ0v) is 14.5. The second-order valence-electron chi connectivity index (χ2n) is 4.98. The minimum atomic E-state index is -0.557. The number of aliphatic hydroxyl groups is 1. The molecule has 0 aliphatic rings. The molecule has 2 aromatic carbocycles. The molecule has 3 rings (SSSR count). The molecule has 0 aliphatic heterocycles. The number of hydrogen-bond donors (Lipinski definition) is 2. The highest BCUT2D eigenvalue weighted by Gasteiger charge is 2.16. The SMILES string of the molecule is O=[N+]([O-])c1cccc(C(CO)Nc2nc3cc(Br)c(F)cc3s2)c1. The van der Waals surface area contributed by atoms with Crippen molar-refractivity contribution in [3.63, 3.8) is 0 Å². The number of rotatable bonds is 5. The molecule has 6 nitrogen and oxygen atoms in total. The van der Waals surface area contributed by atoms with Crippen molar-refractivity contribution in [2.45, 2.75) is 6.04 Å². The molecule has 1 aromatic heterocycles. The van der Waals surface area contributed by atoms with Gasteiger partial charge in [0.2, 0.25) is 0 Å². The van der Waals surface area contributed by atoms with E-state index < -0.39 is 11.0 Å². The fraction of sp³-hybridized carbons (Fsp3) is 0.133. The maximum Gasteiger partial charge on any atom is 0.269 e. The van der Waals surface area contributed by atoms with Gasteiger partial charge in [0.05, 0.1) is 32.3 Å². The zero-order chi connectivity index (χ0) is 17.3. The highest BCUT2D eigenvalue weighted by molar-refractivity contribution is 9.10. The van der Waals surface area contributed by atoms with E-state index in [0.29, 0.717) is 25.4 Å². The summed E-state index contributed by atoms with van der Waals surface area (Å²) >= 11 is 4.35. The standard InChI is InChI=1S/C15H11BrFN3O3S/c16-10-5-12-14(6-11(10)17)24-15(18-12)19-13(7-21)8-2-1-3-9(4-8)20(22)23/h1-6,13,21H,7H2,(H,18,19). The molecule has 9 heteroatoms. The summed E-state index contributed by atoms with van der Waals surface area (Å²) in [6.45, 7) is -0.269. The predicted octanol–water partition coefficient (Wildman–Crippen LogP) is 4.25. The van der Waals surface area contributed by atoms with Crippen LogP contribution in [0.1, 0.15) is 11.6 Å². The molecule has 0 aliphatic carbocycles. The van der Waals surface area contributed by atoms with Crippen molar-refractivity contribution >= 4 is 48.3 Å². The lowest BCUT2D eigenvalue weighted by Crippen LogP contribution is -2.14. The fourth-order valence-corrected chi connectivity index (χ4v) is 3.48. The Balaban J connectivity index is 1.90. The molecular weight excluding hydrogens is 401 g/mol. The van der Waals surface area contributed by atoms with Crippen molar-refractivity contribution < 1.29 is 14.4 Å². The first kappa shape index (κ1) is 16.7. The Labute approximate surface area is 148 Å². The molecule has 0 bridgehead atoms. The van der Waals surface area contributed by atoms with Gasteiger partial charge in [0, 0.05) is 12.1 Å². The maximum absolute atomic E-state index is 13.6. The molecule has 1 atom stereocenters. The van der Waals surface area contributed by atoms with Crippen LogP contribution in [-0.2, 0) is 0 Å². The Kier molecular flexibility index (Phi) is 4.74. The van der Waals surface area contributed by atoms with E-state index in [4.69, 9.17) is 0 Å². The Morgan fingerprint density at radius 1 is 1.42 bits per heavy atom. The molecule has 2 N–H and O–H groups in total. The number of non-ortho nitro benzene ring substituents is 1. The van der Waals surface area contributed by atoms with Crippen LogP contribution in [0.3, 0.4) is 0 Å². The summed E-state index contributed by atoms with van der Waals surface area (Å²) in [6.07, 6.45) is 0. The minimum Gasteiger partial charge on any atom is -0.394 e. The van der Waals surface area contributed by atoms with E-state index in [1.54, 1.807) is 18.2 Å². The number of benzene rings is 2. The van der Waals surface area contributed by atoms with Crippen molar-refractivity contribution in [2.24, 2.45) is 0 Å². The summed E-state index contributed by atoms with van der Waals surface area (Å²) < 4.78 is 14.6. The van der Waals surface area contributed by atoms with E-state index in [-0.39, 0.29) is 18.1 Å². The summed E-state index contributed by atoms with van der Waals surface area (Å²) in [7, 11) is 0. The molecule has 3 aromatic rings. The van der Waals surface area contributed by atoms with Gasteiger partial charge in [-0.3, -0.25) is 10.1 Å². The monoisotopic (exact) mass is 411 g/mol. The number of fused-ring (bicyclic) bond motifs is 1. The van der Waals surface area contributed by atoms with Gasteiger partial charge in [0.1, 0.15) is 5.82 Å². The number of nitrogens with one attached hydrogen (secondary N) is 1. The molecule has 0 saturated carbocycles. The van der Waals surface area contributed by atoms with Crippen molar-refractivity contribution in [3.8, 4) is 0 Å². The topological polar surface area (TPSA) is 88.3 Å². The zero-order valence-electron chi connectivity index (χ0n) is 12.1. The molecule has 0 saturated heterocycles.